The molecule has 0 spiro atoms. The van der Waals surface area contributed by atoms with Crippen molar-refractivity contribution in [3.8, 4) is 11.5 Å². The maximum atomic E-state index is 12.6. The van der Waals surface area contributed by atoms with E-state index in [9.17, 15) is 14.7 Å². The summed E-state index contributed by atoms with van der Waals surface area (Å²) in [6.07, 6.45) is 3.42. The first kappa shape index (κ1) is 25.1. The highest BCUT2D eigenvalue weighted by atomic mass is 35.5. The van der Waals surface area contributed by atoms with Crippen molar-refractivity contribution < 1.29 is 24.2 Å². The molecule has 2 aromatic carbocycles. The number of amides is 2. The number of aliphatic hydroxyl groups is 1. The monoisotopic (exact) mass is 484 g/mol. The van der Waals surface area contributed by atoms with Crippen LogP contribution in [0.4, 0.5) is 0 Å². The molecule has 2 amide bonds. The van der Waals surface area contributed by atoms with E-state index < -0.39 is 24.0 Å². The number of halogens is 1. The van der Waals surface area contributed by atoms with Gasteiger partial charge in [0.05, 0.1) is 23.3 Å². The molecule has 0 aliphatic carbocycles. The number of nitrogens with one attached hydrogen (secondary N) is 2. The van der Waals surface area contributed by atoms with Gasteiger partial charge in [-0.2, -0.15) is 0 Å². The Hall–Kier alpha value is -3.53. The van der Waals surface area contributed by atoms with Crippen LogP contribution in [0.25, 0.3) is 0 Å². The van der Waals surface area contributed by atoms with E-state index in [2.05, 4.69) is 20.6 Å². The number of aromatic nitrogens is 2. The number of hydrogen-bond acceptors (Lipinski definition) is 7. The SMILES string of the molecule is COCC(NC(=O)c1cncnc1)C(=O)NCc1ccc(Oc2ccc(C(C)O)cc2Cl)cc1. The molecule has 3 aromatic rings. The molecule has 0 radical (unpaired) electrons. The average molecular weight is 485 g/mol. The van der Waals surface area contributed by atoms with Gasteiger partial charge in [-0.15, -0.1) is 0 Å². The zero-order valence-electron chi connectivity index (χ0n) is 18.7. The van der Waals surface area contributed by atoms with E-state index in [0.29, 0.717) is 22.1 Å². The fourth-order valence-electron chi connectivity index (χ4n) is 2.98. The Labute approximate surface area is 202 Å². The van der Waals surface area contributed by atoms with E-state index in [4.69, 9.17) is 21.1 Å². The van der Waals surface area contributed by atoms with Crippen molar-refractivity contribution in [3.05, 3.63) is 82.9 Å². The van der Waals surface area contributed by atoms with Crippen LogP contribution in [0.3, 0.4) is 0 Å². The summed E-state index contributed by atoms with van der Waals surface area (Å²) in [5.74, 6) is 0.169. The summed E-state index contributed by atoms with van der Waals surface area (Å²) in [4.78, 5) is 32.5. The van der Waals surface area contributed by atoms with Gasteiger partial charge in [0, 0.05) is 26.0 Å². The van der Waals surface area contributed by atoms with Crippen molar-refractivity contribution in [2.45, 2.75) is 25.6 Å². The highest BCUT2D eigenvalue weighted by molar-refractivity contribution is 6.32. The van der Waals surface area contributed by atoms with Crippen LogP contribution in [-0.2, 0) is 16.1 Å². The minimum atomic E-state index is -0.882. The molecule has 0 fully saturated rings. The van der Waals surface area contributed by atoms with Gasteiger partial charge in [-0.05, 0) is 42.3 Å². The molecule has 0 saturated carbocycles. The van der Waals surface area contributed by atoms with Gasteiger partial charge in [-0.25, -0.2) is 9.97 Å². The van der Waals surface area contributed by atoms with Crippen LogP contribution >= 0.6 is 11.6 Å². The van der Waals surface area contributed by atoms with Crippen LogP contribution in [0.15, 0.2) is 61.2 Å². The van der Waals surface area contributed by atoms with E-state index >= 15 is 0 Å². The standard InChI is InChI=1S/C24H25ClN4O5/c1-15(30)17-5-8-22(20(25)9-17)34-19-6-3-16(4-7-19)10-28-24(32)21(13-33-2)29-23(31)18-11-26-14-27-12-18/h3-9,11-12,14-15,21,30H,10,13H2,1-2H3,(H,28,32)(H,29,31). The van der Waals surface area contributed by atoms with Crippen molar-refractivity contribution in [1.29, 1.82) is 0 Å². The summed E-state index contributed by atoms with van der Waals surface area (Å²) in [7, 11) is 1.45. The third-order valence-corrected chi connectivity index (χ3v) is 5.13. The van der Waals surface area contributed by atoms with Gasteiger partial charge in [-0.1, -0.05) is 29.8 Å². The third kappa shape index (κ3) is 6.98. The summed E-state index contributed by atoms with van der Waals surface area (Å²) in [6.45, 7) is 1.91. The number of methoxy groups -OCH3 is 1. The van der Waals surface area contributed by atoms with E-state index in [1.165, 1.54) is 25.8 Å². The number of nitrogens with zero attached hydrogens (tertiary/aromatic N) is 2. The number of hydrogen-bond donors (Lipinski definition) is 3. The molecular weight excluding hydrogens is 460 g/mol. The highest BCUT2D eigenvalue weighted by Crippen LogP contribution is 2.31. The van der Waals surface area contributed by atoms with Crippen LogP contribution in [0.2, 0.25) is 5.02 Å². The predicted molar refractivity (Wildman–Crippen MR) is 126 cm³/mol. The Morgan fingerprint density at radius 3 is 2.44 bits per heavy atom. The van der Waals surface area contributed by atoms with Crippen molar-refractivity contribution in [2.24, 2.45) is 0 Å². The molecule has 3 rings (SSSR count). The molecule has 1 heterocycles. The van der Waals surface area contributed by atoms with Crippen molar-refractivity contribution in [3.63, 3.8) is 0 Å². The summed E-state index contributed by atoms with van der Waals surface area (Å²) in [5, 5.41) is 15.4. The molecule has 0 bridgehead atoms. The van der Waals surface area contributed by atoms with Crippen LogP contribution in [0.5, 0.6) is 11.5 Å². The number of rotatable bonds is 10. The van der Waals surface area contributed by atoms with Crippen molar-refractivity contribution in [1.82, 2.24) is 20.6 Å². The molecule has 0 aliphatic heterocycles. The van der Waals surface area contributed by atoms with Crippen LogP contribution in [0, 0.1) is 0 Å². The Kier molecular flexibility index (Phi) is 8.92. The number of benzene rings is 2. The molecule has 178 valence electrons. The fourth-order valence-corrected chi connectivity index (χ4v) is 3.21. The van der Waals surface area contributed by atoms with E-state index in [1.807, 2.05) is 0 Å². The molecule has 2 atom stereocenters. The number of carbonyl (C=O) groups is 2. The Morgan fingerprint density at radius 1 is 1.12 bits per heavy atom. The summed E-state index contributed by atoms with van der Waals surface area (Å²) in [5.41, 5.74) is 1.77. The largest absolute Gasteiger partial charge is 0.456 e. The molecule has 2 unspecified atom stereocenters. The maximum absolute atomic E-state index is 12.6. The van der Waals surface area contributed by atoms with Crippen molar-refractivity contribution >= 4 is 23.4 Å². The van der Waals surface area contributed by atoms with E-state index in [1.54, 1.807) is 49.4 Å². The van der Waals surface area contributed by atoms with Crippen LogP contribution in [-0.4, -0.2) is 46.6 Å². The Balaban J connectivity index is 1.56. The van der Waals surface area contributed by atoms with Gasteiger partial charge in [0.1, 0.15) is 23.9 Å². The zero-order valence-corrected chi connectivity index (χ0v) is 19.5. The molecular formula is C24H25ClN4O5. The topological polar surface area (TPSA) is 123 Å². The smallest absolute Gasteiger partial charge is 0.255 e. The lowest BCUT2D eigenvalue weighted by molar-refractivity contribution is -0.124. The zero-order chi connectivity index (χ0) is 24.5. The summed E-state index contributed by atoms with van der Waals surface area (Å²) < 4.78 is 10.9. The normalized spacial score (nSPS) is 12.5. The maximum Gasteiger partial charge on any atom is 0.255 e. The van der Waals surface area contributed by atoms with Crippen LogP contribution in [0.1, 0.15) is 34.5 Å². The quantitative estimate of drug-likeness (QED) is 0.404. The van der Waals surface area contributed by atoms with Crippen LogP contribution < -0.4 is 15.4 Å². The Morgan fingerprint density at radius 2 is 1.82 bits per heavy atom. The highest BCUT2D eigenvalue weighted by Gasteiger charge is 2.21. The van der Waals surface area contributed by atoms with Gasteiger partial charge < -0.3 is 25.2 Å². The second-order valence-corrected chi connectivity index (χ2v) is 7.85. The first-order chi connectivity index (χ1) is 16.4. The number of carbonyl (C=O) groups excluding carboxylic acids is 2. The van der Waals surface area contributed by atoms with Gasteiger partial charge >= 0.3 is 0 Å². The van der Waals surface area contributed by atoms with Gasteiger partial charge in [0.15, 0.2) is 0 Å². The number of ether oxygens (including phenoxy) is 2. The fraction of sp³-hybridized carbons (Fsp3) is 0.250. The number of aliphatic hydroxyl groups excluding tert-OH is 1. The lowest BCUT2D eigenvalue weighted by Gasteiger charge is -2.17. The Bertz CT molecular complexity index is 1110. The van der Waals surface area contributed by atoms with E-state index in [-0.39, 0.29) is 18.7 Å². The van der Waals surface area contributed by atoms with Gasteiger partial charge in [-0.3, -0.25) is 9.59 Å². The average Bonchev–Trinajstić information content (AvgIpc) is 2.84. The molecule has 10 heteroatoms. The lowest BCUT2D eigenvalue weighted by Crippen LogP contribution is -2.49. The first-order valence-electron chi connectivity index (χ1n) is 10.4. The van der Waals surface area contributed by atoms with Gasteiger partial charge in [0.2, 0.25) is 5.91 Å². The third-order valence-electron chi connectivity index (χ3n) is 4.83. The minimum absolute atomic E-state index is 0.00660. The van der Waals surface area contributed by atoms with Gasteiger partial charge in [0.25, 0.3) is 5.91 Å². The summed E-state index contributed by atoms with van der Waals surface area (Å²) in [6, 6.07) is 11.3. The van der Waals surface area contributed by atoms with Crippen molar-refractivity contribution in [2.75, 3.05) is 13.7 Å². The summed E-state index contributed by atoms with van der Waals surface area (Å²) >= 11 is 6.24. The second-order valence-electron chi connectivity index (χ2n) is 7.44. The molecule has 0 saturated heterocycles. The predicted octanol–water partition coefficient (Wildman–Crippen LogP) is 3.04. The molecule has 34 heavy (non-hydrogen) atoms. The van der Waals surface area contributed by atoms with E-state index in [0.717, 1.165) is 5.56 Å². The molecule has 9 nitrogen and oxygen atoms in total. The molecule has 0 aliphatic rings. The minimum Gasteiger partial charge on any atom is -0.456 e. The first-order valence-corrected chi connectivity index (χ1v) is 10.8. The molecule has 3 N–H and O–H groups in total. The second kappa shape index (κ2) is 12.1. The lowest BCUT2D eigenvalue weighted by atomic mass is 10.1. The molecule has 1 aromatic heterocycles.